The van der Waals surface area contributed by atoms with Crippen LogP contribution in [0.2, 0.25) is 0 Å². The van der Waals surface area contributed by atoms with Crippen molar-refractivity contribution >= 4 is 5.95 Å². The number of nitrogens with one attached hydrogen (secondary N) is 1. The fourth-order valence-electron chi connectivity index (χ4n) is 1.63. The van der Waals surface area contributed by atoms with Crippen molar-refractivity contribution in [2.24, 2.45) is 0 Å². The lowest BCUT2D eigenvalue weighted by molar-refractivity contribution is 0.299. The smallest absolute Gasteiger partial charge is 0.260 e. The number of hydrogen-bond acceptors (Lipinski definition) is 5. The van der Waals surface area contributed by atoms with Gasteiger partial charge in [0.2, 0.25) is 11.8 Å². The predicted molar refractivity (Wildman–Crippen MR) is 73.5 cm³/mol. The molecule has 2 rings (SSSR count). The highest BCUT2D eigenvalue weighted by atomic mass is 19.1. The zero-order valence-electron chi connectivity index (χ0n) is 11.1. The molecule has 1 aromatic carbocycles. The van der Waals surface area contributed by atoms with Crippen LogP contribution in [0.5, 0.6) is 11.6 Å². The third-order valence-electron chi connectivity index (χ3n) is 2.59. The molecule has 5 nitrogen and oxygen atoms in total. The maximum atomic E-state index is 13.6. The SMILES string of the molecule is CCNc1ncc(F)c(Oc2ccc(CCO)cc2)n1. The average Bonchev–Trinajstić information content (AvgIpc) is 2.45. The Morgan fingerprint density at radius 2 is 2.05 bits per heavy atom. The van der Waals surface area contributed by atoms with Gasteiger partial charge in [-0.1, -0.05) is 12.1 Å². The summed E-state index contributed by atoms with van der Waals surface area (Å²) in [6.45, 7) is 2.63. The van der Waals surface area contributed by atoms with Crippen LogP contribution in [0, 0.1) is 5.82 Å². The van der Waals surface area contributed by atoms with E-state index in [-0.39, 0.29) is 12.5 Å². The normalized spacial score (nSPS) is 10.3. The van der Waals surface area contributed by atoms with Crippen LogP contribution in [-0.4, -0.2) is 28.2 Å². The van der Waals surface area contributed by atoms with Gasteiger partial charge in [0.15, 0.2) is 0 Å². The maximum absolute atomic E-state index is 13.6. The highest BCUT2D eigenvalue weighted by Crippen LogP contribution is 2.23. The van der Waals surface area contributed by atoms with E-state index in [0.29, 0.717) is 24.7 Å². The molecule has 1 heterocycles. The van der Waals surface area contributed by atoms with E-state index >= 15 is 0 Å². The van der Waals surface area contributed by atoms with Crippen LogP contribution in [0.1, 0.15) is 12.5 Å². The quantitative estimate of drug-likeness (QED) is 0.848. The van der Waals surface area contributed by atoms with E-state index in [1.54, 1.807) is 12.1 Å². The molecule has 1 aromatic heterocycles. The zero-order valence-corrected chi connectivity index (χ0v) is 11.1. The Labute approximate surface area is 116 Å². The lowest BCUT2D eigenvalue weighted by Crippen LogP contribution is -2.04. The number of nitrogens with zero attached hydrogens (tertiary/aromatic N) is 2. The first-order valence-electron chi connectivity index (χ1n) is 6.37. The van der Waals surface area contributed by atoms with E-state index in [4.69, 9.17) is 9.84 Å². The van der Waals surface area contributed by atoms with Gasteiger partial charge in [0.25, 0.3) is 5.88 Å². The molecule has 0 aliphatic carbocycles. The van der Waals surface area contributed by atoms with Gasteiger partial charge in [-0.15, -0.1) is 0 Å². The van der Waals surface area contributed by atoms with Crippen LogP contribution in [-0.2, 0) is 6.42 Å². The first-order chi connectivity index (χ1) is 9.72. The molecule has 2 N–H and O–H groups in total. The molecule has 0 amide bonds. The zero-order chi connectivity index (χ0) is 14.4. The second-order valence-electron chi connectivity index (χ2n) is 4.10. The number of aliphatic hydroxyl groups is 1. The second-order valence-corrected chi connectivity index (χ2v) is 4.10. The number of aromatic nitrogens is 2. The van der Waals surface area contributed by atoms with Crippen molar-refractivity contribution in [2.45, 2.75) is 13.3 Å². The molecule has 0 atom stereocenters. The molecule has 6 heteroatoms. The molecule has 0 saturated carbocycles. The summed E-state index contributed by atoms with van der Waals surface area (Å²) in [5.41, 5.74) is 0.983. The Balaban J connectivity index is 2.14. The van der Waals surface area contributed by atoms with Crippen LogP contribution in [0.15, 0.2) is 30.5 Å². The summed E-state index contributed by atoms with van der Waals surface area (Å²) in [7, 11) is 0. The van der Waals surface area contributed by atoms with Gasteiger partial charge in [-0.2, -0.15) is 9.37 Å². The first-order valence-corrected chi connectivity index (χ1v) is 6.37. The standard InChI is InChI=1S/C14H16FN3O2/c1-2-16-14-17-9-12(15)13(18-14)20-11-5-3-10(4-6-11)7-8-19/h3-6,9,19H,2,7-8H2,1H3,(H,16,17,18). The minimum absolute atomic E-state index is 0.0901. The summed E-state index contributed by atoms with van der Waals surface area (Å²) in [5, 5.41) is 11.7. The predicted octanol–water partition coefficient (Wildman–Crippen LogP) is 2.37. The van der Waals surface area contributed by atoms with Crippen molar-refractivity contribution < 1.29 is 14.2 Å². The van der Waals surface area contributed by atoms with E-state index in [9.17, 15) is 4.39 Å². The number of benzene rings is 1. The molecule has 106 valence electrons. The van der Waals surface area contributed by atoms with Gasteiger partial charge in [-0.3, -0.25) is 0 Å². The minimum atomic E-state index is -0.619. The van der Waals surface area contributed by atoms with Crippen LogP contribution >= 0.6 is 0 Å². The molecule has 0 unspecified atom stereocenters. The van der Waals surface area contributed by atoms with Crippen molar-refractivity contribution in [3.05, 3.63) is 41.8 Å². The van der Waals surface area contributed by atoms with Crippen molar-refractivity contribution in [1.29, 1.82) is 0 Å². The van der Waals surface area contributed by atoms with Crippen LogP contribution in [0.4, 0.5) is 10.3 Å². The Kier molecular flexibility index (Phi) is 4.84. The molecule has 0 spiro atoms. The van der Waals surface area contributed by atoms with Crippen LogP contribution in [0.3, 0.4) is 0 Å². The lowest BCUT2D eigenvalue weighted by Gasteiger charge is -2.08. The van der Waals surface area contributed by atoms with Crippen molar-refractivity contribution in [1.82, 2.24) is 9.97 Å². The summed E-state index contributed by atoms with van der Waals surface area (Å²) in [6.07, 6.45) is 1.65. The molecular weight excluding hydrogens is 261 g/mol. The van der Waals surface area contributed by atoms with Gasteiger partial charge >= 0.3 is 0 Å². The molecule has 2 aromatic rings. The number of halogens is 1. The summed E-state index contributed by atoms with van der Waals surface area (Å²) in [6, 6.07) is 7.05. The van der Waals surface area contributed by atoms with E-state index in [0.717, 1.165) is 11.8 Å². The average molecular weight is 277 g/mol. The largest absolute Gasteiger partial charge is 0.436 e. The third-order valence-corrected chi connectivity index (χ3v) is 2.59. The number of ether oxygens (including phenoxy) is 1. The Morgan fingerprint density at radius 3 is 2.70 bits per heavy atom. The molecule has 20 heavy (non-hydrogen) atoms. The van der Waals surface area contributed by atoms with E-state index in [1.165, 1.54) is 0 Å². The van der Waals surface area contributed by atoms with Crippen molar-refractivity contribution in [3.8, 4) is 11.6 Å². The minimum Gasteiger partial charge on any atom is -0.436 e. The second kappa shape index (κ2) is 6.81. The molecule has 0 aliphatic heterocycles. The van der Waals surface area contributed by atoms with Gasteiger partial charge in [0.05, 0.1) is 6.20 Å². The number of hydrogen-bond donors (Lipinski definition) is 2. The fraction of sp³-hybridized carbons (Fsp3) is 0.286. The summed E-state index contributed by atoms with van der Waals surface area (Å²) >= 11 is 0. The molecule has 0 fully saturated rings. The van der Waals surface area contributed by atoms with Crippen molar-refractivity contribution in [3.63, 3.8) is 0 Å². The van der Waals surface area contributed by atoms with E-state index in [1.807, 2.05) is 19.1 Å². The van der Waals surface area contributed by atoms with Gasteiger partial charge in [0.1, 0.15) is 5.75 Å². The Hall–Kier alpha value is -2.21. The highest BCUT2D eigenvalue weighted by Gasteiger charge is 2.09. The Bertz CT molecular complexity index is 561. The first kappa shape index (κ1) is 14.2. The monoisotopic (exact) mass is 277 g/mol. The molecule has 0 aliphatic rings. The number of anilines is 1. The third kappa shape index (κ3) is 3.64. The highest BCUT2D eigenvalue weighted by molar-refractivity contribution is 5.33. The van der Waals surface area contributed by atoms with E-state index in [2.05, 4.69) is 15.3 Å². The molecule has 0 bridgehead atoms. The van der Waals surface area contributed by atoms with Gasteiger partial charge in [0, 0.05) is 13.2 Å². The van der Waals surface area contributed by atoms with Gasteiger partial charge < -0.3 is 15.2 Å². The van der Waals surface area contributed by atoms with Crippen LogP contribution < -0.4 is 10.1 Å². The summed E-state index contributed by atoms with van der Waals surface area (Å²) < 4.78 is 19.0. The summed E-state index contributed by atoms with van der Waals surface area (Å²) in [5.74, 6) is 0.0597. The van der Waals surface area contributed by atoms with Gasteiger partial charge in [-0.05, 0) is 31.0 Å². The topological polar surface area (TPSA) is 67.3 Å². The van der Waals surface area contributed by atoms with Crippen molar-refractivity contribution in [2.75, 3.05) is 18.5 Å². The van der Waals surface area contributed by atoms with E-state index < -0.39 is 5.82 Å². The molecule has 0 radical (unpaired) electrons. The maximum Gasteiger partial charge on any atom is 0.260 e. The number of aliphatic hydroxyl groups excluding tert-OH is 1. The molecule has 0 saturated heterocycles. The van der Waals surface area contributed by atoms with Crippen LogP contribution in [0.25, 0.3) is 0 Å². The Morgan fingerprint density at radius 1 is 1.30 bits per heavy atom. The number of rotatable bonds is 6. The van der Waals surface area contributed by atoms with Gasteiger partial charge in [-0.25, -0.2) is 4.98 Å². The summed E-state index contributed by atoms with van der Waals surface area (Å²) in [4.78, 5) is 7.76. The molecular formula is C14H16FN3O2. The lowest BCUT2D eigenvalue weighted by atomic mass is 10.1. The fourth-order valence-corrected chi connectivity index (χ4v) is 1.63.